The summed E-state index contributed by atoms with van der Waals surface area (Å²) < 4.78 is 0. The normalized spacial score (nSPS) is 13.2. The zero-order valence-electron chi connectivity index (χ0n) is 12.5. The average Bonchev–Trinajstić information content (AvgIpc) is 2.85. The Morgan fingerprint density at radius 3 is 2.65 bits per heavy atom. The van der Waals surface area contributed by atoms with Gasteiger partial charge >= 0.3 is 0 Å². The third-order valence-electron chi connectivity index (χ3n) is 3.06. The van der Waals surface area contributed by atoms with Crippen LogP contribution in [0.2, 0.25) is 0 Å². The zero-order valence-corrected chi connectivity index (χ0v) is 13.3. The molecule has 1 aromatic heterocycles. The molecule has 2 N–H and O–H groups in total. The van der Waals surface area contributed by atoms with Gasteiger partial charge in [0, 0.05) is 16.5 Å². The van der Waals surface area contributed by atoms with Gasteiger partial charge in [0.2, 0.25) is 0 Å². The van der Waals surface area contributed by atoms with Gasteiger partial charge in [0.25, 0.3) is 0 Å². The number of aromatic nitrogens is 1. The third kappa shape index (κ3) is 3.58. The lowest BCUT2D eigenvalue weighted by atomic mass is 9.98. The van der Waals surface area contributed by atoms with Crippen LogP contribution in [-0.2, 0) is 5.41 Å². The molecule has 3 nitrogen and oxygen atoms in total. The maximum atomic E-state index is 9.62. The van der Waals surface area contributed by atoms with Gasteiger partial charge in [0.05, 0.1) is 23.4 Å². The minimum atomic E-state index is -0.163. The SMILES string of the molecule is Cc1cccc(NC(CO)c2csc(C(C)(C)C)n2)c1. The molecule has 0 saturated carbocycles. The Morgan fingerprint density at radius 1 is 1.35 bits per heavy atom. The highest BCUT2D eigenvalue weighted by Crippen LogP contribution is 2.29. The van der Waals surface area contributed by atoms with Gasteiger partial charge in [-0.25, -0.2) is 4.98 Å². The standard InChI is InChI=1S/C16H22N2OS/c1-11-6-5-7-12(8-11)17-13(9-19)14-10-20-15(18-14)16(2,3)4/h5-8,10,13,17,19H,9H2,1-4H3. The fraction of sp³-hybridized carbons (Fsp3) is 0.438. The molecule has 2 aromatic rings. The van der Waals surface area contributed by atoms with Crippen molar-refractivity contribution in [1.29, 1.82) is 0 Å². The molecule has 0 aliphatic rings. The van der Waals surface area contributed by atoms with E-state index in [9.17, 15) is 5.11 Å². The number of hydrogen-bond acceptors (Lipinski definition) is 4. The first-order valence-electron chi connectivity index (χ1n) is 6.80. The second kappa shape index (κ2) is 5.94. The van der Waals surface area contributed by atoms with Crippen LogP contribution in [0.4, 0.5) is 5.69 Å². The second-order valence-corrected chi connectivity index (χ2v) is 6.93. The van der Waals surface area contributed by atoms with E-state index in [0.29, 0.717) is 0 Å². The van der Waals surface area contributed by atoms with Crippen molar-refractivity contribution < 1.29 is 5.11 Å². The van der Waals surface area contributed by atoms with Crippen molar-refractivity contribution in [3.05, 3.63) is 45.9 Å². The number of benzene rings is 1. The molecule has 1 aromatic carbocycles. The monoisotopic (exact) mass is 290 g/mol. The van der Waals surface area contributed by atoms with Crippen molar-refractivity contribution in [2.75, 3.05) is 11.9 Å². The summed E-state index contributed by atoms with van der Waals surface area (Å²) in [5.74, 6) is 0. The van der Waals surface area contributed by atoms with Crippen LogP contribution in [0.25, 0.3) is 0 Å². The van der Waals surface area contributed by atoms with Crippen LogP contribution in [0.1, 0.15) is 43.1 Å². The summed E-state index contributed by atoms with van der Waals surface area (Å²) in [5.41, 5.74) is 3.16. The van der Waals surface area contributed by atoms with E-state index in [1.165, 1.54) is 5.56 Å². The van der Waals surface area contributed by atoms with Crippen molar-refractivity contribution in [3.8, 4) is 0 Å². The summed E-state index contributed by atoms with van der Waals surface area (Å²) in [5, 5.41) is 16.1. The van der Waals surface area contributed by atoms with E-state index in [1.807, 2.05) is 17.5 Å². The van der Waals surface area contributed by atoms with Crippen LogP contribution in [-0.4, -0.2) is 16.7 Å². The molecule has 0 bridgehead atoms. The van der Waals surface area contributed by atoms with E-state index in [2.05, 4.69) is 50.1 Å². The van der Waals surface area contributed by atoms with Gasteiger partial charge < -0.3 is 10.4 Å². The number of anilines is 1. The van der Waals surface area contributed by atoms with Gasteiger partial charge in [-0.2, -0.15) is 0 Å². The number of aliphatic hydroxyl groups excluding tert-OH is 1. The number of aliphatic hydroxyl groups is 1. The number of hydrogen-bond donors (Lipinski definition) is 2. The summed E-state index contributed by atoms with van der Waals surface area (Å²) >= 11 is 1.65. The molecule has 1 atom stereocenters. The first-order chi connectivity index (χ1) is 9.40. The average molecular weight is 290 g/mol. The Bertz CT molecular complexity index is 572. The molecule has 4 heteroatoms. The molecular weight excluding hydrogens is 268 g/mol. The minimum absolute atomic E-state index is 0.0290. The van der Waals surface area contributed by atoms with E-state index in [0.717, 1.165) is 16.4 Å². The largest absolute Gasteiger partial charge is 0.394 e. The summed E-state index contributed by atoms with van der Waals surface area (Å²) in [7, 11) is 0. The first-order valence-corrected chi connectivity index (χ1v) is 7.68. The fourth-order valence-electron chi connectivity index (χ4n) is 1.94. The lowest BCUT2D eigenvalue weighted by Gasteiger charge is -2.17. The number of thiazole rings is 1. The maximum absolute atomic E-state index is 9.62. The Labute approximate surface area is 124 Å². The topological polar surface area (TPSA) is 45.1 Å². The summed E-state index contributed by atoms with van der Waals surface area (Å²) in [4.78, 5) is 4.67. The molecule has 0 amide bonds. The van der Waals surface area contributed by atoms with Crippen LogP contribution in [0.5, 0.6) is 0 Å². The van der Waals surface area contributed by atoms with E-state index >= 15 is 0 Å². The predicted molar refractivity (Wildman–Crippen MR) is 85.4 cm³/mol. The molecule has 1 heterocycles. The van der Waals surface area contributed by atoms with Crippen molar-refractivity contribution in [1.82, 2.24) is 4.98 Å². The molecule has 0 saturated heterocycles. The predicted octanol–water partition coefficient (Wildman–Crippen LogP) is 3.89. The van der Waals surface area contributed by atoms with Crippen LogP contribution >= 0.6 is 11.3 Å². The molecule has 1 unspecified atom stereocenters. The molecule has 20 heavy (non-hydrogen) atoms. The van der Waals surface area contributed by atoms with Crippen molar-refractivity contribution in [2.24, 2.45) is 0 Å². The first kappa shape index (κ1) is 15.0. The number of aryl methyl sites for hydroxylation is 1. The lowest BCUT2D eigenvalue weighted by molar-refractivity contribution is 0.274. The van der Waals surface area contributed by atoms with Gasteiger partial charge in [0.15, 0.2) is 0 Å². The molecule has 0 aliphatic heterocycles. The smallest absolute Gasteiger partial charge is 0.0982 e. The molecule has 0 aliphatic carbocycles. The van der Waals surface area contributed by atoms with E-state index in [1.54, 1.807) is 11.3 Å². The fourth-order valence-corrected chi connectivity index (χ4v) is 2.90. The van der Waals surface area contributed by atoms with Crippen molar-refractivity contribution in [3.63, 3.8) is 0 Å². The minimum Gasteiger partial charge on any atom is -0.394 e. The molecule has 108 valence electrons. The van der Waals surface area contributed by atoms with E-state index in [4.69, 9.17) is 0 Å². The van der Waals surface area contributed by atoms with Crippen molar-refractivity contribution >= 4 is 17.0 Å². The van der Waals surface area contributed by atoms with Gasteiger partial charge in [-0.05, 0) is 24.6 Å². The van der Waals surface area contributed by atoms with Gasteiger partial charge in [0.1, 0.15) is 0 Å². The maximum Gasteiger partial charge on any atom is 0.0982 e. The number of nitrogens with one attached hydrogen (secondary N) is 1. The van der Waals surface area contributed by atoms with Crippen LogP contribution in [0, 0.1) is 6.92 Å². The Morgan fingerprint density at radius 2 is 2.10 bits per heavy atom. The molecular formula is C16H22N2OS. The summed E-state index contributed by atoms with van der Waals surface area (Å²) in [6.07, 6.45) is 0. The zero-order chi connectivity index (χ0) is 14.8. The Kier molecular flexibility index (Phi) is 4.45. The van der Waals surface area contributed by atoms with E-state index in [-0.39, 0.29) is 18.1 Å². The molecule has 0 spiro atoms. The highest BCUT2D eigenvalue weighted by Gasteiger charge is 2.21. The third-order valence-corrected chi connectivity index (χ3v) is 4.35. The summed E-state index contributed by atoms with van der Waals surface area (Å²) in [6, 6.07) is 7.98. The number of nitrogens with zero attached hydrogens (tertiary/aromatic N) is 1. The van der Waals surface area contributed by atoms with Gasteiger partial charge in [-0.3, -0.25) is 0 Å². The van der Waals surface area contributed by atoms with Gasteiger partial charge in [-0.15, -0.1) is 11.3 Å². The Balaban J connectivity index is 2.18. The molecule has 2 rings (SSSR count). The second-order valence-electron chi connectivity index (χ2n) is 6.08. The Hall–Kier alpha value is -1.39. The molecule has 0 radical (unpaired) electrons. The van der Waals surface area contributed by atoms with Gasteiger partial charge in [-0.1, -0.05) is 32.9 Å². The highest BCUT2D eigenvalue weighted by molar-refractivity contribution is 7.09. The number of rotatable bonds is 4. The van der Waals surface area contributed by atoms with E-state index < -0.39 is 0 Å². The van der Waals surface area contributed by atoms with Crippen LogP contribution in [0.3, 0.4) is 0 Å². The summed E-state index contributed by atoms with van der Waals surface area (Å²) in [6.45, 7) is 8.54. The van der Waals surface area contributed by atoms with Crippen LogP contribution in [0.15, 0.2) is 29.6 Å². The molecule has 0 fully saturated rings. The van der Waals surface area contributed by atoms with Crippen molar-refractivity contribution in [2.45, 2.75) is 39.2 Å². The highest BCUT2D eigenvalue weighted by atomic mass is 32.1. The quantitative estimate of drug-likeness (QED) is 0.898. The lowest BCUT2D eigenvalue weighted by Crippen LogP contribution is -2.17. The van der Waals surface area contributed by atoms with Crippen LogP contribution < -0.4 is 5.32 Å².